The number of aromatic amines is 1. The molecule has 1 aliphatic carbocycles. The lowest BCUT2D eigenvalue weighted by atomic mass is 10.0. The van der Waals surface area contributed by atoms with E-state index in [1.54, 1.807) is 0 Å². The fourth-order valence-corrected chi connectivity index (χ4v) is 2.97. The second-order valence-corrected chi connectivity index (χ2v) is 5.83. The van der Waals surface area contributed by atoms with Crippen LogP contribution < -0.4 is 5.32 Å². The predicted molar refractivity (Wildman–Crippen MR) is 90.5 cm³/mol. The van der Waals surface area contributed by atoms with Crippen LogP contribution in [0.1, 0.15) is 24.8 Å². The van der Waals surface area contributed by atoms with Gasteiger partial charge in [0, 0.05) is 23.6 Å². The van der Waals surface area contributed by atoms with E-state index in [9.17, 15) is 0 Å². The molecule has 2 heteroatoms. The highest BCUT2D eigenvalue weighted by molar-refractivity contribution is 5.82. The highest BCUT2D eigenvalue weighted by atomic mass is 14.8. The van der Waals surface area contributed by atoms with Crippen molar-refractivity contribution in [1.29, 1.82) is 0 Å². The number of benzene rings is 1. The average molecular weight is 280 g/mol. The Kier molecular flexibility index (Phi) is 4.90. The summed E-state index contributed by atoms with van der Waals surface area (Å²) in [6, 6.07) is 8.56. The van der Waals surface area contributed by atoms with Gasteiger partial charge in [0.2, 0.25) is 0 Å². The standard InChI is InChI=1S/C19H24N2/c1-2-8-16(9-3-1)14-20-13-7-6-10-17-15-21-19-12-5-4-11-18(17)19/h1-5,8,11-12,15-16,20-21H,6-7,9-10,13-14H2. The number of allylic oxidation sites excluding steroid dienone is 3. The van der Waals surface area contributed by atoms with E-state index in [-0.39, 0.29) is 0 Å². The molecule has 110 valence electrons. The number of aryl methyl sites for hydroxylation is 1. The molecular weight excluding hydrogens is 256 g/mol. The molecule has 2 N–H and O–H groups in total. The summed E-state index contributed by atoms with van der Waals surface area (Å²) in [5, 5.41) is 4.96. The first-order chi connectivity index (χ1) is 10.4. The van der Waals surface area contributed by atoms with Gasteiger partial charge in [0.15, 0.2) is 0 Å². The maximum Gasteiger partial charge on any atom is 0.0456 e. The lowest BCUT2D eigenvalue weighted by molar-refractivity contribution is 0.541. The zero-order chi connectivity index (χ0) is 14.3. The Bertz CT molecular complexity index is 621. The molecule has 0 radical (unpaired) electrons. The Morgan fingerprint density at radius 1 is 1.14 bits per heavy atom. The summed E-state index contributed by atoms with van der Waals surface area (Å²) in [6.07, 6.45) is 15.8. The van der Waals surface area contributed by atoms with Crippen molar-refractivity contribution in [2.45, 2.75) is 25.7 Å². The number of rotatable bonds is 7. The molecule has 2 nitrogen and oxygen atoms in total. The molecule has 0 saturated heterocycles. The van der Waals surface area contributed by atoms with Crippen LogP contribution >= 0.6 is 0 Å². The van der Waals surface area contributed by atoms with Crippen LogP contribution in [-0.4, -0.2) is 18.1 Å². The fraction of sp³-hybridized carbons (Fsp3) is 0.368. The molecule has 0 spiro atoms. The highest BCUT2D eigenvalue weighted by Crippen LogP contribution is 2.19. The van der Waals surface area contributed by atoms with Crippen molar-refractivity contribution in [2.75, 3.05) is 13.1 Å². The molecule has 0 fully saturated rings. The molecule has 0 aliphatic heterocycles. The molecule has 0 amide bonds. The number of hydrogen-bond acceptors (Lipinski definition) is 1. The van der Waals surface area contributed by atoms with Crippen LogP contribution in [0.5, 0.6) is 0 Å². The number of fused-ring (bicyclic) bond motifs is 1. The molecule has 21 heavy (non-hydrogen) atoms. The first kappa shape index (κ1) is 14.2. The first-order valence-corrected chi connectivity index (χ1v) is 8.02. The van der Waals surface area contributed by atoms with E-state index in [0.29, 0.717) is 5.92 Å². The van der Waals surface area contributed by atoms with Crippen molar-refractivity contribution >= 4 is 10.9 Å². The summed E-state index contributed by atoms with van der Waals surface area (Å²) in [7, 11) is 0. The van der Waals surface area contributed by atoms with Gasteiger partial charge in [-0.05, 0) is 49.8 Å². The zero-order valence-electron chi connectivity index (χ0n) is 12.5. The minimum atomic E-state index is 0.684. The minimum absolute atomic E-state index is 0.684. The maximum absolute atomic E-state index is 3.58. The lowest BCUT2D eigenvalue weighted by Crippen LogP contribution is -2.23. The second-order valence-electron chi connectivity index (χ2n) is 5.83. The van der Waals surface area contributed by atoms with E-state index >= 15 is 0 Å². The van der Waals surface area contributed by atoms with E-state index in [1.165, 1.54) is 35.7 Å². The molecule has 1 aromatic carbocycles. The molecule has 1 unspecified atom stereocenters. The SMILES string of the molecule is C1=CCC(CNCCCCc2c[nH]c3ccccc23)C=C1. The number of H-pyrrole nitrogens is 1. The summed E-state index contributed by atoms with van der Waals surface area (Å²) in [5.74, 6) is 0.684. The van der Waals surface area contributed by atoms with Crippen molar-refractivity contribution in [3.05, 3.63) is 60.3 Å². The van der Waals surface area contributed by atoms with E-state index < -0.39 is 0 Å². The smallest absolute Gasteiger partial charge is 0.0456 e. The van der Waals surface area contributed by atoms with E-state index in [0.717, 1.165) is 19.5 Å². The van der Waals surface area contributed by atoms with Crippen LogP contribution in [0.15, 0.2) is 54.8 Å². The van der Waals surface area contributed by atoms with Gasteiger partial charge in [0.1, 0.15) is 0 Å². The van der Waals surface area contributed by atoms with Gasteiger partial charge >= 0.3 is 0 Å². The van der Waals surface area contributed by atoms with Gasteiger partial charge < -0.3 is 10.3 Å². The van der Waals surface area contributed by atoms with Gasteiger partial charge in [-0.15, -0.1) is 0 Å². The van der Waals surface area contributed by atoms with Gasteiger partial charge in [-0.1, -0.05) is 42.5 Å². The molecule has 1 aromatic heterocycles. The third-order valence-electron chi connectivity index (χ3n) is 4.20. The summed E-state index contributed by atoms with van der Waals surface area (Å²) in [6.45, 7) is 2.23. The van der Waals surface area contributed by atoms with Crippen LogP contribution in [0.4, 0.5) is 0 Å². The van der Waals surface area contributed by atoms with Crippen molar-refractivity contribution in [1.82, 2.24) is 10.3 Å². The Morgan fingerprint density at radius 2 is 2.10 bits per heavy atom. The molecule has 1 aliphatic rings. The average Bonchev–Trinajstić information content (AvgIpc) is 2.95. The minimum Gasteiger partial charge on any atom is -0.361 e. The van der Waals surface area contributed by atoms with Gasteiger partial charge in [0.25, 0.3) is 0 Å². The van der Waals surface area contributed by atoms with Crippen LogP contribution in [0, 0.1) is 5.92 Å². The van der Waals surface area contributed by atoms with Crippen molar-refractivity contribution in [2.24, 2.45) is 5.92 Å². The first-order valence-electron chi connectivity index (χ1n) is 8.02. The molecular formula is C19H24N2. The van der Waals surface area contributed by atoms with Crippen LogP contribution in [0.25, 0.3) is 10.9 Å². The summed E-state index contributed by atoms with van der Waals surface area (Å²) >= 11 is 0. The van der Waals surface area contributed by atoms with Gasteiger partial charge in [0.05, 0.1) is 0 Å². The largest absolute Gasteiger partial charge is 0.361 e. The topological polar surface area (TPSA) is 27.8 Å². The number of hydrogen-bond donors (Lipinski definition) is 2. The molecule has 1 heterocycles. The summed E-state index contributed by atoms with van der Waals surface area (Å²) in [5.41, 5.74) is 2.70. The molecule has 0 bridgehead atoms. The third-order valence-corrected chi connectivity index (χ3v) is 4.20. The fourth-order valence-electron chi connectivity index (χ4n) is 2.97. The third kappa shape index (κ3) is 3.85. The highest BCUT2D eigenvalue weighted by Gasteiger charge is 2.04. The Hall–Kier alpha value is -1.80. The van der Waals surface area contributed by atoms with Crippen LogP contribution in [0.3, 0.4) is 0 Å². The van der Waals surface area contributed by atoms with Crippen LogP contribution in [-0.2, 0) is 6.42 Å². The van der Waals surface area contributed by atoms with Crippen molar-refractivity contribution in [3.8, 4) is 0 Å². The number of nitrogens with one attached hydrogen (secondary N) is 2. The number of para-hydroxylation sites is 1. The Labute approximate surface area is 127 Å². The molecule has 0 saturated carbocycles. The number of unbranched alkanes of at least 4 members (excludes halogenated alkanes) is 1. The van der Waals surface area contributed by atoms with Gasteiger partial charge in [-0.2, -0.15) is 0 Å². The molecule has 2 aromatic rings. The van der Waals surface area contributed by atoms with Crippen molar-refractivity contribution in [3.63, 3.8) is 0 Å². The number of aromatic nitrogens is 1. The quantitative estimate of drug-likeness (QED) is 0.730. The van der Waals surface area contributed by atoms with Crippen molar-refractivity contribution < 1.29 is 0 Å². The second kappa shape index (κ2) is 7.28. The van der Waals surface area contributed by atoms with Crippen LogP contribution in [0.2, 0.25) is 0 Å². The Morgan fingerprint density at radius 3 is 3.00 bits per heavy atom. The molecule has 3 rings (SSSR count). The van der Waals surface area contributed by atoms with Gasteiger partial charge in [-0.25, -0.2) is 0 Å². The summed E-state index contributed by atoms with van der Waals surface area (Å²) in [4.78, 5) is 3.35. The molecule has 1 atom stereocenters. The van der Waals surface area contributed by atoms with E-state index in [1.807, 2.05) is 0 Å². The maximum atomic E-state index is 3.58. The zero-order valence-corrected chi connectivity index (χ0v) is 12.5. The van der Waals surface area contributed by atoms with E-state index in [2.05, 4.69) is 65.1 Å². The lowest BCUT2D eigenvalue weighted by Gasteiger charge is -2.13. The predicted octanol–water partition coefficient (Wildman–Crippen LogP) is 4.21. The Balaban J connectivity index is 1.35. The summed E-state index contributed by atoms with van der Waals surface area (Å²) < 4.78 is 0. The normalized spacial score (nSPS) is 17.6. The van der Waals surface area contributed by atoms with E-state index in [4.69, 9.17) is 0 Å². The monoisotopic (exact) mass is 280 g/mol. The van der Waals surface area contributed by atoms with Gasteiger partial charge in [-0.3, -0.25) is 0 Å².